The maximum Gasteiger partial charge on any atom is 0.225 e. The van der Waals surface area contributed by atoms with Crippen LogP contribution in [0, 0.1) is 5.92 Å². The second-order valence-corrected chi connectivity index (χ2v) is 6.72. The number of carbonyl (C=O) groups is 1. The topological polar surface area (TPSA) is 66.2 Å². The van der Waals surface area contributed by atoms with E-state index in [2.05, 4.69) is 46.1 Å². The van der Waals surface area contributed by atoms with Crippen LogP contribution in [-0.2, 0) is 4.79 Å². The minimum Gasteiger partial charge on any atom is -0.497 e. The number of ether oxygens (including phenoxy) is 1. The molecule has 0 bridgehead atoms. The summed E-state index contributed by atoms with van der Waals surface area (Å²) in [7, 11) is 1.67. The number of hydrogen-bond donors (Lipinski definition) is 3. The Balaban J connectivity index is 1.64. The Labute approximate surface area is 152 Å². The van der Waals surface area contributed by atoms with Crippen molar-refractivity contribution in [3.63, 3.8) is 0 Å². The van der Waals surface area contributed by atoms with Gasteiger partial charge < -0.3 is 20.4 Å². The quantitative estimate of drug-likeness (QED) is 0.641. The summed E-state index contributed by atoms with van der Waals surface area (Å²) < 4.78 is 5.28. The molecule has 2 heterocycles. The fourth-order valence-corrected chi connectivity index (χ4v) is 3.45. The molecular weight excluding hydrogens is 326 g/mol. The highest BCUT2D eigenvalue weighted by molar-refractivity contribution is 5.84. The fraction of sp³-hybridized carbons (Fsp3) is 0.286. The number of rotatable bonds is 6. The van der Waals surface area contributed by atoms with Gasteiger partial charge in [0.05, 0.1) is 13.0 Å². The first-order valence-corrected chi connectivity index (χ1v) is 8.94. The van der Waals surface area contributed by atoms with E-state index in [0.717, 1.165) is 29.9 Å². The van der Waals surface area contributed by atoms with Gasteiger partial charge in [0.15, 0.2) is 0 Å². The summed E-state index contributed by atoms with van der Waals surface area (Å²) in [6, 6.07) is 16.3. The van der Waals surface area contributed by atoms with Crippen LogP contribution in [0.4, 0.5) is 0 Å². The summed E-state index contributed by atoms with van der Waals surface area (Å²) in [5, 5.41) is 7.47. The molecule has 1 unspecified atom stereocenters. The number of methoxy groups -OCH3 is 1. The van der Waals surface area contributed by atoms with Gasteiger partial charge in [-0.05, 0) is 29.3 Å². The lowest BCUT2D eigenvalue weighted by atomic mass is 9.90. The highest BCUT2D eigenvalue weighted by Gasteiger charge is 2.26. The van der Waals surface area contributed by atoms with Crippen molar-refractivity contribution < 1.29 is 9.53 Å². The summed E-state index contributed by atoms with van der Waals surface area (Å²) in [6.07, 6.45) is 2.05. The molecule has 1 aromatic heterocycles. The number of fused-ring (bicyclic) bond motifs is 1. The first-order valence-electron chi connectivity index (χ1n) is 8.94. The Morgan fingerprint density at radius 1 is 1.19 bits per heavy atom. The van der Waals surface area contributed by atoms with Crippen LogP contribution in [0.25, 0.3) is 10.9 Å². The molecule has 0 spiro atoms. The number of amides is 1. The van der Waals surface area contributed by atoms with Gasteiger partial charge in [0, 0.05) is 42.7 Å². The number of carbonyl (C=O) groups excluding carboxylic acids is 1. The average Bonchev–Trinajstić information content (AvgIpc) is 3.05. The zero-order chi connectivity index (χ0) is 17.9. The molecule has 1 aliphatic rings. The Kier molecular flexibility index (Phi) is 4.63. The van der Waals surface area contributed by atoms with E-state index in [-0.39, 0.29) is 17.7 Å². The lowest BCUT2D eigenvalue weighted by Gasteiger charge is -2.27. The minimum absolute atomic E-state index is 0.0778. The van der Waals surface area contributed by atoms with Crippen LogP contribution in [0.3, 0.4) is 0 Å². The second-order valence-electron chi connectivity index (χ2n) is 6.72. The lowest BCUT2D eigenvalue weighted by Crippen LogP contribution is -2.51. The first-order chi connectivity index (χ1) is 12.8. The molecule has 1 aliphatic heterocycles. The number of aromatic amines is 1. The number of para-hydroxylation sites is 1. The fourth-order valence-electron chi connectivity index (χ4n) is 3.45. The van der Waals surface area contributed by atoms with Gasteiger partial charge in [-0.2, -0.15) is 0 Å². The van der Waals surface area contributed by atoms with Gasteiger partial charge in [-0.1, -0.05) is 30.3 Å². The highest BCUT2D eigenvalue weighted by Crippen LogP contribution is 2.31. The van der Waals surface area contributed by atoms with E-state index in [0.29, 0.717) is 6.54 Å². The number of aromatic nitrogens is 1. The molecule has 0 saturated carbocycles. The van der Waals surface area contributed by atoms with E-state index >= 15 is 0 Å². The third-order valence-corrected chi connectivity index (χ3v) is 5.15. The molecule has 4 rings (SSSR count). The van der Waals surface area contributed by atoms with Gasteiger partial charge in [0.1, 0.15) is 5.75 Å². The SMILES string of the molecule is COc1ccc(C(CNC(=O)C2CNC2)c2c[nH]c3ccccc23)cc1. The third kappa shape index (κ3) is 3.18. The van der Waals surface area contributed by atoms with Gasteiger partial charge in [-0.25, -0.2) is 0 Å². The number of benzene rings is 2. The van der Waals surface area contributed by atoms with E-state index in [4.69, 9.17) is 4.74 Å². The molecule has 0 aliphatic carbocycles. The standard InChI is InChI=1S/C21H23N3O2/c1-26-16-8-6-14(7-9-16)18(12-24-21(25)15-10-22-11-15)19-13-23-20-5-3-2-4-17(19)20/h2-9,13,15,18,22-23H,10-12H2,1H3,(H,24,25). The summed E-state index contributed by atoms with van der Waals surface area (Å²) in [6.45, 7) is 2.11. The van der Waals surface area contributed by atoms with Gasteiger partial charge >= 0.3 is 0 Å². The van der Waals surface area contributed by atoms with Crippen molar-refractivity contribution in [1.82, 2.24) is 15.6 Å². The monoisotopic (exact) mass is 349 g/mol. The molecule has 1 fully saturated rings. The molecule has 3 aromatic rings. The van der Waals surface area contributed by atoms with Crippen LogP contribution in [0.5, 0.6) is 5.75 Å². The van der Waals surface area contributed by atoms with E-state index in [1.165, 1.54) is 10.9 Å². The summed E-state index contributed by atoms with van der Waals surface area (Å²) in [5.41, 5.74) is 3.45. The zero-order valence-electron chi connectivity index (χ0n) is 14.8. The highest BCUT2D eigenvalue weighted by atomic mass is 16.5. The number of H-pyrrole nitrogens is 1. The van der Waals surface area contributed by atoms with Gasteiger partial charge in [-0.15, -0.1) is 0 Å². The molecule has 134 valence electrons. The molecule has 0 radical (unpaired) electrons. The largest absolute Gasteiger partial charge is 0.497 e. The lowest BCUT2D eigenvalue weighted by molar-refractivity contribution is -0.126. The van der Waals surface area contributed by atoms with Crippen LogP contribution in [0.1, 0.15) is 17.0 Å². The number of nitrogens with one attached hydrogen (secondary N) is 3. The zero-order valence-corrected chi connectivity index (χ0v) is 14.8. The van der Waals surface area contributed by atoms with Crippen molar-refractivity contribution in [2.24, 2.45) is 5.92 Å². The predicted molar refractivity (Wildman–Crippen MR) is 103 cm³/mol. The summed E-state index contributed by atoms with van der Waals surface area (Å²) in [5.74, 6) is 1.13. The molecule has 1 amide bonds. The van der Waals surface area contributed by atoms with Crippen LogP contribution in [0.15, 0.2) is 54.7 Å². The van der Waals surface area contributed by atoms with Gasteiger partial charge in [0.2, 0.25) is 5.91 Å². The summed E-state index contributed by atoms with van der Waals surface area (Å²) in [4.78, 5) is 15.7. The van der Waals surface area contributed by atoms with Crippen molar-refractivity contribution >= 4 is 16.8 Å². The third-order valence-electron chi connectivity index (χ3n) is 5.15. The van der Waals surface area contributed by atoms with Crippen LogP contribution in [-0.4, -0.2) is 37.6 Å². The second kappa shape index (κ2) is 7.22. The minimum atomic E-state index is 0.0778. The molecule has 5 nitrogen and oxygen atoms in total. The van der Waals surface area contributed by atoms with Gasteiger partial charge in [-0.3, -0.25) is 4.79 Å². The Hall–Kier alpha value is -2.79. The van der Waals surface area contributed by atoms with E-state index < -0.39 is 0 Å². The molecule has 1 atom stereocenters. The molecule has 26 heavy (non-hydrogen) atoms. The first kappa shape index (κ1) is 16.7. The smallest absolute Gasteiger partial charge is 0.225 e. The van der Waals surface area contributed by atoms with Crippen molar-refractivity contribution in [2.75, 3.05) is 26.7 Å². The molecule has 2 aromatic carbocycles. The normalized spacial score (nSPS) is 15.4. The maximum atomic E-state index is 12.3. The molecule has 3 N–H and O–H groups in total. The molecule has 5 heteroatoms. The Morgan fingerprint density at radius 3 is 2.65 bits per heavy atom. The summed E-state index contributed by atoms with van der Waals surface area (Å²) >= 11 is 0. The van der Waals surface area contributed by atoms with Crippen molar-refractivity contribution in [3.8, 4) is 5.75 Å². The van der Waals surface area contributed by atoms with Crippen LogP contribution < -0.4 is 15.4 Å². The average molecular weight is 349 g/mol. The molecule has 1 saturated heterocycles. The van der Waals surface area contributed by atoms with Crippen molar-refractivity contribution in [3.05, 3.63) is 65.9 Å². The van der Waals surface area contributed by atoms with Crippen LogP contribution >= 0.6 is 0 Å². The predicted octanol–water partition coefficient (Wildman–Crippen LogP) is 2.64. The van der Waals surface area contributed by atoms with E-state index in [9.17, 15) is 4.79 Å². The van der Waals surface area contributed by atoms with Crippen LogP contribution in [0.2, 0.25) is 0 Å². The van der Waals surface area contributed by atoms with E-state index in [1.807, 2.05) is 24.3 Å². The molecular formula is C21H23N3O2. The van der Waals surface area contributed by atoms with E-state index in [1.54, 1.807) is 7.11 Å². The van der Waals surface area contributed by atoms with Gasteiger partial charge in [0.25, 0.3) is 0 Å². The van der Waals surface area contributed by atoms with Crippen molar-refractivity contribution in [2.45, 2.75) is 5.92 Å². The maximum absolute atomic E-state index is 12.3. The van der Waals surface area contributed by atoms with Crippen molar-refractivity contribution in [1.29, 1.82) is 0 Å². The Morgan fingerprint density at radius 2 is 1.96 bits per heavy atom. The number of hydrogen-bond acceptors (Lipinski definition) is 3. The Bertz CT molecular complexity index is 897.